The number of amides is 2. The van der Waals surface area contributed by atoms with Crippen molar-refractivity contribution < 1.29 is 9.59 Å². The maximum absolute atomic E-state index is 11.9. The third-order valence-electron chi connectivity index (χ3n) is 3.31. The maximum atomic E-state index is 11.9. The van der Waals surface area contributed by atoms with Crippen LogP contribution in [0.3, 0.4) is 0 Å². The van der Waals surface area contributed by atoms with Gasteiger partial charge in [-0.1, -0.05) is 6.07 Å². The summed E-state index contributed by atoms with van der Waals surface area (Å²) >= 11 is 0. The average Bonchev–Trinajstić information content (AvgIpc) is 2.37. The van der Waals surface area contributed by atoms with E-state index < -0.39 is 6.04 Å². The van der Waals surface area contributed by atoms with Crippen molar-refractivity contribution in [2.45, 2.75) is 26.3 Å². The maximum Gasteiger partial charge on any atom is 0.237 e. The number of hydrogen-bond donors (Lipinski definition) is 3. The molecule has 102 valence electrons. The number of nitrogens with one attached hydrogen (secondary N) is 3. The Bertz CT molecular complexity index is 499. The summed E-state index contributed by atoms with van der Waals surface area (Å²) in [5.41, 5.74) is 3.09. The van der Waals surface area contributed by atoms with Crippen LogP contribution in [0.2, 0.25) is 0 Å². The van der Waals surface area contributed by atoms with Crippen LogP contribution in [0.25, 0.3) is 0 Å². The van der Waals surface area contributed by atoms with Gasteiger partial charge in [-0.25, -0.2) is 0 Å². The molecule has 0 aliphatic carbocycles. The first-order chi connectivity index (χ1) is 9.06. The highest BCUT2D eigenvalue weighted by molar-refractivity contribution is 5.95. The molecule has 1 saturated heterocycles. The van der Waals surface area contributed by atoms with E-state index in [0.29, 0.717) is 13.1 Å². The molecular weight excluding hydrogens is 242 g/mol. The summed E-state index contributed by atoms with van der Waals surface area (Å²) in [6.45, 7) is 5.35. The molecule has 1 aromatic rings. The van der Waals surface area contributed by atoms with Gasteiger partial charge in [0.05, 0.1) is 12.5 Å². The minimum absolute atomic E-state index is 0.110. The second-order valence-corrected chi connectivity index (χ2v) is 4.85. The molecule has 0 radical (unpaired) electrons. The van der Waals surface area contributed by atoms with E-state index >= 15 is 0 Å². The summed E-state index contributed by atoms with van der Waals surface area (Å²) in [5.74, 6) is -0.265. The van der Waals surface area contributed by atoms with Gasteiger partial charge in [0.2, 0.25) is 11.8 Å². The van der Waals surface area contributed by atoms with E-state index in [1.54, 1.807) is 0 Å². The molecule has 0 spiro atoms. The Balaban J connectivity index is 1.93. The highest BCUT2D eigenvalue weighted by Crippen LogP contribution is 2.14. The van der Waals surface area contributed by atoms with Crippen LogP contribution < -0.4 is 16.0 Å². The second-order valence-electron chi connectivity index (χ2n) is 4.85. The molecule has 0 saturated carbocycles. The third kappa shape index (κ3) is 3.54. The van der Waals surface area contributed by atoms with E-state index in [2.05, 4.69) is 16.0 Å². The van der Waals surface area contributed by atoms with Gasteiger partial charge in [-0.3, -0.25) is 9.59 Å². The molecule has 2 rings (SSSR count). The Morgan fingerprint density at radius 3 is 2.79 bits per heavy atom. The van der Waals surface area contributed by atoms with Gasteiger partial charge in [0.25, 0.3) is 0 Å². The van der Waals surface area contributed by atoms with Gasteiger partial charge < -0.3 is 16.0 Å². The predicted molar refractivity (Wildman–Crippen MR) is 74.0 cm³/mol. The molecule has 0 aromatic heterocycles. The van der Waals surface area contributed by atoms with Gasteiger partial charge in [0, 0.05) is 18.8 Å². The topological polar surface area (TPSA) is 70.2 Å². The summed E-state index contributed by atoms with van der Waals surface area (Å²) in [6, 6.07) is 5.34. The molecule has 1 fully saturated rings. The first-order valence-corrected chi connectivity index (χ1v) is 6.44. The van der Waals surface area contributed by atoms with Crippen LogP contribution in [0.5, 0.6) is 0 Å². The zero-order chi connectivity index (χ0) is 13.8. The van der Waals surface area contributed by atoms with Crippen molar-refractivity contribution in [1.29, 1.82) is 0 Å². The van der Waals surface area contributed by atoms with Gasteiger partial charge in [0.15, 0.2) is 0 Å². The van der Waals surface area contributed by atoms with Crippen molar-refractivity contribution in [2.24, 2.45) is 0 Å². The third-order valence-corrected chi connectivity index (χ3v) is 3.31. The van der Waals surface area contributed by atoms with E-state index in [-0.39, 0.29) is 18.2 Å². The summed E-state index contributed by atoms with van der Waals surface area (Å²) < 4.78 is 0. The molecule has 1 atom stereocenters. The number of hydrogen-bond acceptors (Lipinski definition) is 3. The van der Waals surface area contributed by atoms with E-state index in [9.17, 15) is 9.59 Å². The number of anilines is 1. The van der Waals surface area contributed by atoms with E-state index in [4.69, 9.17) is 0 Å². The lowest BCUT2D eigenvalue weighted by Gasteiger charge is -2.22. The normalized spacial score (nSPS) is 18.8. The van der Waals surface area contributed by atoms with E-state index in [0.717, 1.165) is 11.3 Å². The average molecular weight is 261 g/mol. The minimum atomic E-state index is -0.430. The quantitative estimate of drug-likeness (QED) is 0.751. The van der Waals surface area contributed by atoms with Gasteiger partial charge in [-0.15, -0.1) is 0 Å². The molecule has 5 heteroatoms. The molecule has 1 aliphatic rings. The number of piperazine rings is 1. The van der Waals surface area contributed by atoms with E-state index in [1.807, 2.05) is 32.0 Å². The molecule has 1 aromatic carbocycles. The van der Waals surface area contributed by atoms with Crippen molar-refractivity contribution in [3.05, 3.63) is 29.3 Å². The van der Waals surface area contributed by atoms with E-state index in [1.165, 1.54) is 5.56 Å². The number of carbonyl (C=O) groups excluding carboxylic acids is 2. The largest absolute Gasteiger partial charge is 0.353 e. The van der Waals surface area contributed by atoms with Crippen LogP contribution in [0, 0.1) is 13.8 Å². The van der Waals surface area contributed by atoms with Crippen LogP contribution in [-0.4, -0.2) is 30.9 Å². The zero-order valence-electron chi connectivity index (χ0n) is 11.2. The van der Waals surface area contributed by atoms with Crippen molar-refractivity contribution >= 4 is 17.5 Å². The van der Waals surface area contributed by atoms with Crippen molar-refractivity contribution in [2.75, 3.05) is 18.4 Å². The lowest BCUT2D eigenvalue weighted by Crippen LogP contribution is -2.53. The Labute approximate surface area is 112 Å². The smallest absolute Gasteiger partial charge is 0.237 e. The van der Waals surface area contributed by atoms with Crippen molar-refractivity contribution in [1.82, 2.24) is 10.6 Å². The number of aryl methyl sites for hydroxylation is 2. The molecule has 1 aliphatic heterocycles. The summed E-state index contributed by atoms with van der Waals surface area (Å²) in [7, 11) is 0. The Morgan fingerprint density at radius 1 is 1.32 bits per heavy atom. The number of carbonyl (C=O) groups is 2. The second kappa shape index (κ2) is 5.84. The van der Waals surface area contributed by atoms with Gasteiger partial charge in [0.1, 0.15) is 0 Å². The Morgan fingerprint density at radius 2 is 2.11 bits per heavy atom. The molecular formula is C14H19N3O2. The fraction of sp³-hybridized carbons (Fsp3) is 0.429. The molecule has 3 N–H and O–H groups in total. The van der Waals surface area contributed by atoms with Crippen LogP contribution in [0.4, 0.5) is 5.69 Å². The highest BCUT2D eigenvalue weighted by atomic mass is 16.2. The molecule has 0 bridgehead atoms. The summed E-state index contributed by atoms with van der Waals surface area (Å²) in [6.07, 6.45) is 0.152. The molecule has 5 nitrogen and oxygen atoms in total. The zero-order valence-corrected chi connectivity index (χ0v) is 11.2. The minimum Gasteiger partial charge on any atom is -0.353 e. The standard InChI is InChI=1S/C14H19N3O2/c1-9-3-4-11(7-10(9)2)17-13(18)8-12-14(19)16-6-5-15-12/h3-4,7,12,15H,5-6,8H2,1-2H3,(H,16,19)(H,17,18)/t12-/m0/s1. The Hall–Kier alpha value is -1.88. The summed E-state index contributed by atoms with van der Waals surface area (Å²) in [5, 5.41) is 8.59. The lowest BCUT2D eigenvalue weighted by atomic mass is 10.1. The SMILES string of the molecule is Cc1ccc(NC(=O)C[C@@H]2NCCNC2=O)cc1C. The fourth-order valence-electron chi connectivity index (χ4n) is 2.03. The predicted octanol–water partition coefficient (Wildman–Crippen LogP) is 0.720. The first-order valence-electron chi connectivity index (χ1n) is 6.44. The molecule has 0 unspecified atom stereocenters. The summed E-state index contributed by atoms with van der Waals surface area (Å²) in [4.78, 5) is 23.4. The van der Waals surface area contributed by atoms with Crippen LogP contribution in [-0.2, 0) is 9.59 Å². The Kier molecular flexibility index (Phi) is 4.16. The fourth-order valence-corrected chi connectivity index (χ4v) is 2.03. The molecule has 19 heavy (non-hydrogen) atoms. The molecule has 2 amide bonds. The number of rotatable bonds is 3. The first kappa shape index (κ1) is 13.5. The van der Waals surface area contributed by atoms with Crippen molar-refractivity contribution in [3.63, 3.8) is 0 Å². The van der Waals surface area contributed by atoms with Crippen LogP contribution >= 0.6 is 0 Å². The van der Waals surface area contributed by atoms with Gasteiger partial charge in [-0.2, -0.15) is 0 Å². The molecule has 1 heterocycles. The van der Waals surface area contributed by atoms with Crippen molar-refractivity contribution in [3.8, 4) is 0 Å². The van der Waals surface area contributed by atoms with Gasteiger partial charge >= 0.3 is 0 Å². The van der Waals surface area contributed by atoms with Gasteiger partial charge in [-0.05, 0) is 37.1 Å². The lowest BCUT2D eigenvalue weighted by molar-refractivity contribution is -0.127. The monoisotopic (exact) mass is 261 g/mol. The highest BCUT2D eigenvalue weighted by Gasteiger charge is 2.23. The van der Waals surface area contributed by atoms with Crippen LogP contribution in [0.15, 0.2) is 18.2 Å². The van der Waals surface area contributed by atoms with Crippen LogP contribution in [0.1, 0.15) is 17.5 Å². The number of benzene rings is 1.